The Balaban J connectivity index is 3.44. The molecule has 0 heterocycles. The predicted molar refractivity (Wildman–Crippen MR) is 40.1 cm³/mol. The Morgan fingerprint density at radius 1 is 1.60 bits per heavy atom. The Kier molecular flexibility index (Phi) is 5.02. The molecular weight excluding hydrogens is 152 g/mol. The van der Waals surface area contributed by atoms with Crippen LogP contribution in [0.15, 0.2) is 12.3 Å². The van der Waals surface area contributed by atoms with Crippen LogP contribution in [0.2, 0.25) is 0 Å². The standard InChI is InChI=1S/C6H12O3S/c1-3-4-5-6(2)9-10(7)8/h10H,2-5H2,1H3. The Bertz CT molecular complexity index is 164. The summed E-state index contributed by atoms with van der Waals surface area (Å²) in [5.41, 5.74) is 0. The van der Waals surface area contributed by atoms with E-state index in [1.54, 1.807) is 0 Å². The highest BCUT2D eigenvalue weighted by atomic mass is 32.2. The second-order valence-corrected chi connectivity index (χ2v) is 2.59. The van der Waals surface area contributed by atoms with Gasteiger partial charge in [0.2, 0.25) is 0 Å². The molecule has 0 fully saturated rings. The van der Waals surface area contributed by atoms with Crippen LogP contribution in [0.5, 0.6) is 0 Å². The van der Waals surface area contributed by atoms with Crippen molar-refractivity contribution in [2.24, 2.45) is 0 Å². The molecule has 0 rings (SSSR count). The quantitative estimate of drug-likeness (QED) is 0.491. The van der Waals surface area contributed by atoms with Crippen molar-refractivity contribution in [1.82, 2.24) is 0 Å². The number of thiol groups is 1. The van der Waals surface area contributed by atoms with Crippen LogP contribution in [0.3, 0.4) is 0 Å². The zero-order valence-electron chi connectivity index (χ0n) is 6.00. The van der Waals surface area contributed by atoms with Gasteiger partial charge in [-0.05, 0) is 6.42 Å². The first-order valence-corrected chi connectivity index (χ1v) is 4.26. The van der Waals surface area contributed by atoms with E-state index < -0.39 is 11.0 Å². The Hall–Kier alpha value is -0.510. The van der Waals surface area contributed by atoms with Gasteiger partial charge in [-0.25, -0.2) is 0 Å². The van der Waals surface area contributed by atoms with Crippen LogP contribution in [0.1, 0.15) is 26.2 Å². The van der Waals surface area contributed by atoms with Crippen LogP contribution < -0.4 is 0 Å². The molecule has 0 bridgehead atoms. The summed E-state index contributed by atoms with van der Waals surface area (Å²) in [5, 5.41) is 0. The highest BCUT2D eigenvalue weighted by Gasteiger charge is 1.93. The van der Waals surface area contributed by atoms with Gasteiger partial charge in [-0.1, -0.05) is 19.9 Å². The lowest BCUT2D eigenvalue weighted by molar-refractivity contribution is 0.407. The summed E-state index contributed by atoms with van der Waals surface area (Å²) in [4.78, 5) is 0. The fraction of sp³-hybridized carbons (Fsp3) is 0.667. The minimum absolute atomic E-state index is 0.331. The van der Waals surface area contributed by atoms with E-state index in [2.05, 4.69) is 10.8 Å². The molecule has 0 radical (unpaired) electrons. The molecule has 0 aliphatic rings. The fourth-order valence-electron chi connectivity index (χ4n) is 0.525. The van der Waals surface area contributed by atoms with Crippen LogP contribution >= 0.6 is 0 Å². The summed E-state index contributed by atoms with van der Waals surface area (Å²) in [7, 11) is -2.76. The molecule has 60 valence electrons. The third kappa shape index (κ3) is 5.62. The van der Waals surface area contributed by atoms with Crippen molar-refractivity contribution in [1.29, 1.82) is 0 Å². The Labute approximate surface area is 62.9 Å². The molecule has 0 saturated heterocycles. The summed E-state index contributed by atoms with van der Waals surface area (Å²) in [6, 6.07) is 0. The molecule has 0 aliphatic heterocycles. The molecule has 0 aromatic carbocycles. The van der Waals surface area contributed by atoms with E-state index in [4.69, 9.17) is 0 Å². The van der Waals surface area contributed by atoms with Crippen molar-refractivity contribution in [2.45, 2.75) is 26.2 Å². The molecule has 10 heavy (non-hydrogen) atoms. The van der Waals surface area contributed by atoms with E-state index >= 15 is 0 Å². The molecule has 0 aromatic rings. The average molecular weight is 164 g/mol. The topological polar surface area (TPSA) is 43.4 Å². The van der Waals surface area contributed by atoms with Gasteiger partial charge in [0.05, 0.1) is 0 Å². The summed E-state index contributed by atoms with van der Waals surface area (Å²) in [6.07, 6.45) is 2.56. The van der Waals surface area contributed by atoms with E-state index in [-0.39, 0.29) is 0 Å². The van der Waals surface area contributed by atoms with Gasteiger partial charge in [0.25, 0.3) is 11.0 Å². The summed E-state index contributed by atoms with van der Waals surface area (Å²) >= 11 is 0. The maximum atomic E-state index is 9.93. The van der Waals surface area contributed by atoms with Gasteiger partial charge in [0.1, 0.15) is 5.76 Å². The smallest absolute Gasteiger partial charge is 0.298 e. The van der Waals surface area contributed by atoms with Gasteiger partial charge in [-0.3, -0.25) is 0 Å². The molecule has 0 amide bonds. The van der Waals surface area contributed by atoms with E-state index in [1.165, 1.54) is 0 Å². The first kappa shape index (κ1) is 9.49. The maximum Gasteiger partial charge on any atom is 0.298 e. The number of unbranched alkanes of at least 4 members (excludes halogenated alkanes) is 1. The fourth-order valence-corrected chi connectivity index (χ4v) is 0.827. The van der Waals surface area contributed by atoms with Gasteiger partial charge in [-0.2, -0.15) is 8.42 Å². The zero-order valence-corrected chi connectivity index (χ0v) is 6.89. The van der Waals surface area contributed by atoms with Crippen molar-refractivity contribution >= 4 is 11.0 Å². The first-order valence-electron chi connectivity index (χ1n) is 3.17. The third-order valence-corrected chi connectivity index (χ3v) is 1.42. The van der Waals surface area contributed by atoms with E-state index in [0.29, 0.717) is 12.2 Å². The second-order valence-electron chi connectivity index (χ2n) is 1.96. The van der Waals surface area contributed by atoms with Crippen molar-refractivity contribution in [2.75, 3.05) is 0 Å². The minimum atomic E-state index is -2.76. The van der Waals surface area contributed by atoms with Gasteiger partial charge in [0.15, 0.2) is 0 Å². The molecule has 3 nitrogen and oxygen atoms in total. The van der Waals surface area contributed by atoms with Crippen molar-refractivity contribution in [3.8, 4) is 0 Å². The Morgan fingerprint density at radius 3 is 2.60 bits per heavy atom. The molecule has 0 aliphatic carbocycles. The van der Waals surface area contributed by atoms with Gasteiger partial charge >= 0.3 is 0 Å². The SMILES string of the molecule is C=C(CCCC)O[SH](=O)=O. The monoisotopic (exact) mass is 164 g/mol. The van der Waals surface area contributed by atoms with Gasteiger partial charge in [0, 0.05) is 6.42 Å². The molecule has 0 atom stereocenters. The summed E-state index contributed by atoms with van der Waals surface area (Å²) < 4.78 is 24.2. The number of hydrogen-bond acceptors (Lipinski definition) is 3. The molecule has 0 unspecified atom stereocenters. The summed E-state index contributed by atoms with van der Waals surface area (Å²) in [5.74, 6) is 0.331. The van der Waals surface area contributed by atoms with Crippen molar-refractivity contribution in [3.63, 3.8) is 0 Å². The first-order chi connectivity index (χ1) is 4.66. The third-order valence-electron chi connectivity index (χ3n) is 1.01. The van der Waals surface area contributed by atoms with Crippen molar-refractivity contribution < 1.29 is 12.6 Å². The van der Waals surface area contributed by atoms with Crippen LogP contribution in [-0.4, -0.2) is 8.42 Å². The van der Waals surface area contributed by atoms with Crippen molar-refractivity contribution in [3.05, 3.63) is 12.3 Å². The van der Waals surface area contributed by atoms with Crippen LogP contribution in [0.4, 0.5) is 0 Å². The Morgan fingerprint density at radius 2 is 2.20 bits per heavy atom. The molecular formula is C6H12O3S. The molecule has 0 aromatic heterocycles. The molecule has 0 saturated carbocycles. The van der Waals surface area contributed by atoms with Gasteiger partial charge in [-0.15, -0.1) is 0 Å². The van der Waals surface area contributed by atoms with E-state index in [1.807, 2.05) is 6.92 Å². The molecule has 0 spiro atoms. The molecule has 4 heteroatoms. The zero-order chi connectivity index (χ0) is 7.98. The normalized spacial score (nSPS) is 9.80. The molecule has 0 N–H and O–H groups in total. The van der Waals surface area contributed by atoms with E-state index in [0.717, 1.165) is 12.8 Å². The number of rotatable bonds is 5. The highest BCUT2D eigenvalue weighted by molar-refractivity contribution is 7.67. The van der Waals surface area contributed by atoms with Crippen LogP contribution in [0.25, 0.3) is 0 Å². The minimum Gasteiger partial charge on any atom is -0.389 e. The lowest BCUT2D eigenvalue weighted by atomic mass is 10.2. The van der Waals surface area contributed by atoms with Gasteiger partial charge < -0.3 is 4.18 Å². The highest BCUT2D eigenvalue weighted by Crippen LogP contribution is 2.05. The predicted octanol–water partition coefficient (Wildman–Crippen LogP) is 1.23. The van der Waals surface area contributed by atoms with Crippen LogP contribution in [0, 0.1) is 0 Å². The van der Waals surface area contributed by atoms with Crippen LogP contribution in [-0.2, 0) is 15.2 Å². The number of allylic oxidation sites excluding steroid dienone is 1. The summed E-state index contributed by atoms with van der Waals surface area (Å²) in [6.45, 7) is 5.44. The maximum absolute atomic E-state index is 9.93. The number of hydrogen-bond donors (Lipinski definition) is 1. The lowest BCUT2D eigenvalue weighted by Crippen LogP contribution is -1.88. The largest absolute Gasteiger partial charge is 0.389 e. The average Bonchev–Trinajstić information content (AvgIpc) is 1.82. The van der Waals surface area contributed by atoms with E-state index in [9.17, 15) is 8.42 Å². The second kappa shape index (κ2) is 5.29. The lowest BCUT2D eigenvalue weighted by Gasteiger charge is -1.98.